The van der Waals surface area contributed by atoms with Gasteiger partial charge in [-0.1, -0.05) is 30.3 Å². The van der Waals surface area contributed by atoms with Gasteiger partial charge in [0.2, 0.25) is 0 Å². The van der Waals surface area contributed by atoms with Gasteiger partial charge >= 0.3 is 0 Å². The van der Waals surface area contributed by atoms with Gasteiger partial charge in [-0.3, -0.25) is 14.2 Å². The first-order valence-electron chi connectivity index (χ1n) is 7.61. The van der Waals surface area contributed by atoms with Crippen LogP contribution in [0.3, 0.4) is 0 Å². The number of hydrogen-bond acceptors (Lipinski definition) is 4. The first kappa shape index (κ1) is 15.7. The van der Waals surface area contributed by atoms with E-state index in [9.17, 15) is 9.59 Å². The first-order chi connectivity index (χ1) is 11.7. The van der Waals surface area contributed by atoms with Gasteiger partial charge in [0.25, 0.3) is 11.5 Å². The van der Waals surface area contributed by atoms with E-state index in [-0.39, 0.29) is 18.1 Å². The van der Waals surface area contributed by atoms with Crippen molar-refractivity contribution in [1.82, 2.24) is 14.9 Å². The summed E-state index contributed by atoms with van der Waals surface area (Å²) in [5, 5.41) is 4.90. The van der Waals surface area contributed by atoms with Crippen LogP contribution in [0.15, 0.2) is 65.8 Å². The molecule has 6 nitrogen and oxygen atoms in total. The van der Waals surface area contributed by atoms with Crippen LogP contribution in [0.25, 0.3) is 10.8 Å². The molecule has 0 saturated carbocycles. The van der Waals surface area contributed by atoms with Crippen molar-refractivity contribution >= 4 is 16.7 Å². The highest BCUT2D eigenvalue weighted by atomic mass is 16.5. The van der Waals surface area contributed by atoms with Crippen molar-refractivity contribution in [1.29, 1.82) is 0 Å². The third-order valence-corrected chi connectivity index (χ3v) is 3.56. The van der Waals surface area contributed by atoms with Gasteiger partial charge in [-0.2, -0.15) is 0 Å². The number of carbonyl (C=O) groups excluding carboxylic acids is 1. The lowest BCUT2D eigenvalue weighted by molar-refractivity contribution is -0.123. The fraction of sp³-hybridized carbons (Fsp3) is 0.167. The number of aromatic nitrogens is 2. The highest BCUT2D eigenvalue weighted by molar-refractivity contribution is 5.84. The van der Waals surface area contributed by atoms with E-state index in [1.807, 2.05) is 42.5 Å². The average Bonchev–Trinajstić information content (AvgIpc) is 2.61. The SMILES string of the molecule is O=C(COc1ccc2ccccc2c1)NCCn1cnccc1=O. The maximum absolute atomic E-state index is 11.8. The van der Waals surface area contributed by atoms with Crippen LogP contribution in [0.5, 0.6) is 5.75 Å². The molecule has 1 amide bonds. The molecule has 24 heavy (non-hydrogen) atoms. The first-order valence-corrected chi connectivity index (χ1v) is 7.61. The monoisotopic (exact) mass is 323 g/mol. The summed E-state index contributed by atoms with van der Waals surface area (Å²) in [4.78, 5) is 27.2. The van der Waals surface area contributed by atoms with Crippen LogP contribution in [0, 0.1) is 0 Å². The van der Waals surface area contributed by atoms with Crippen LogP contribution < -0.4 is 15.6 Å². The molecule has 0 radical (unpaired) electrons. The highest BCUT2D eigenvalue weighted by Crippen LogP contribution is 2.20. The number of fused-ring (bicyclic) bond motifs is 1. The summed E-state index contributed by atoms with van der Waals surface area (Å²) in [5.74, 6) is 0.410. The third kappa shape index (κ3) is 3.98. The predicted molar refractivity (Wildman–Crippen MR) is 90.9 cm³/mol. The fourth-order valence-corrected chi connectivity index (χ4v) is 2.32. The summed E-state index contributed by atoms with van der Waals surface area (Å²) < 4.78 is 6.94. The molecule has 0 aliphatic heterocycles. The Morgan fingerprint density at radius 3 is 2.79 bits per heavy atom. The second-order valence-electron chi connectivity index (χ2n) is 5.26. The van der Waals surface area contributed by atoms with Crippen LogP contribution >= 0.6 is 0 Å². The average molecular weight is 323 g/mol. The van der Waals surface area contributed by atoms with Crippen molar-refractivity contribution in [3.05, 3.63) is 71.4 Å². The Morgan fingerprint density at radius 1 is 1.12 bits per heavy atom. The highest BCUT2D eigenvalue weighted by Gasteiger charge is 2.03. The van der Waals surface area contributed by atoms with Crippen LogP contribution in [-0.4, -0.2) is 28.6 Å². The van der Waals surface area contributed by atoms with Gasteiger partial charge < -0.3 is 10.1 Å². The molecular formula is C18H17N3O3. The minimum atomic E-state index is -0.236. The minimum Gasteiger partial charge on any atom is -0.484 e. The van der Waals surface area contributed by atoms with Gasteiger partial charge in [0.05, 0.1) is 6.33 Å². The molecule has 2 aromatic carbocycles. The van der Waals surface area contributed by atoms with E-state index in [0.717, 1.165) is 10.8 Å². The standard InChI is InChI=1S/C18H17N3O3/c22-17(20-9-10-21-13-19-8-7-18(21)23)12-24-16-6-5-14-3-1-2-4-15(14)11-16/h1-8,11,13H,9-10,12H2,(H,20,22). The number of amides is 1. The molecule has 6 heteroatoms. The van der Waals surface area contributed by atoms with Crippen molar-refractivity contribution in [2.24, 2.45) is 0 Å². The summed E-state index contributed by atoms with van der Waals surface area (Å²) in [7, 11) is 0. The smallest absolute Gasteiger partial charge is 0.258 e. The van der Waals surface area contributed by atoms with E-state index >= 15 is 0 Å². The van der Waals surface area contributed by atoms with Gasteiger partial charge in [0, 0.05) is 25.4 Å². The van der Waals surface area contributed by atoms with Gasteiger partial charge in [0.1, 0.15) is 5.75 Å². The van der Waals surface area contributed by atoms with Gasteiger partial charge in [-0.05, 0) is 22.9 Å². The molecule has 0 atom stereocenters. The molecule has 0 saturated heterocycles. The van der Waals surface area contributed by atoms with Gasteiger partial charge in [-0.15, -0.1) is 0 Å². The molecule has 3 rings (SSSR count). The Balaban J connectivity index is 1.48. The topological polar surface area (TPSA) is 73.2 Å². The summed E-state index contributed by atoms with van der Waals surface area (Å²) in [5.41, 5.74) is -0.147. The summed E-state index contributed by atoms with van der Waals surface area (Å²) in [6.07, 6.45) is 2.88. The van der Waals surface area contributed by atoms with E-state index < -0.39 is 0 Å². The Morgan fingerprint density at radius 2 is 1.96 bits per heavy atom. The third-order valence-electron chi connectivity index (χ3n) is 3.56. The molecular weight excluding hydrogens is 306 g/mol. The predicted octanol–water partition coefficient (Wildman–Crippen LogP) is 1.59. The summed E-state index contributed by atoms with van der Waals surface area (Å²) in [6.45, 7) is 0.639. The molecule has 3 aromatic rings. The fourth-order valence-electron chi connectivity index (χ4n) is 2.32. The zero-order valence-electron chi connectivity index (χ0n) is 13.0. The molecule has 0 fully saturated rings. The molecule has 0 aliphatic carbocycles. The number of nitrogens with one attached hydrogen (secondary N) is 1. The van der Waals surface area contributed by atoms with Crippen molar-refractivity contribution in [3.8, 4) is 5.75 Å². The summed E-state index contributed by atoms with van der Waals surface area (Å²) >= 11 is 0. The van der Waals surface area contributed by atoms with Crippen molar-refractivity contribution in [2.45, 2.75) is 6.54 Å². The molecule has 0 aliphatic rings. The summed E-state index contributed by atoms with van der Waals surface area (Å²) in [6, 6.07) is 15.0. The maximum Gasteiger partial charge on any atom is 0.258 e. The zero-order valence-corrected chi connectivity index (χ0v) is 13.0. The van der Waals surface area contributed by atoms with Gasteiger partial charge in [-0.25, -0.2) is 4.98 Å². The Hall–Kier alpha value is -3.15. The van der Waals surface area contributed by atoms with Crippen LogP contribution in [0.4, 0.5) is 0 Å². The Labute approximate surface area is 138 Å². The quantitative estimate of drug-likeness (QED) is 0.748. The van der Waals surface area contributed by atoms with Crippen LogP contribution in [0.1, 0.15) is 0 Å². The molecule has 1 heterocycles. The number of hydrogen-bond donors (Lipinski definition) is 1. The number of benzene rings is 2. The van der Waals surface area contributed by atoms with E-state index in [1.54, 1.807) is 0 Å². The Bertz CT molecular complexity index is 905. The lowest BCUT2D eigenvalue weighted by atomic mass is 10.1. The van der Waals surface area contributed by atoms with E-state index in [1.165, 1.54) is 23.2 Å². The normalized spacial score (nSPS) is 10.5. The minimum absolute atomic E-state index is 0.0692. The second-order valence-corrected chi connectivity index (χ2v) is 5.26. The Kier molecular flexibility index (Phi) is 4.86. The van der Waals surface area contributed by atoms with Crippen LogP contribution in [0.2, 0.25) is 0 Å². The van der Waals surface area contributed by atoms with E-state index in [4.69, 9.17) is 4.74 Å². The molecule has 0 spiro atoms. The maximum atomic E-state index is 11.8. The zero-order chi connectivity index (χ0) is 16.8. The van der Waals surface area contributed by atoms with Crippen LogP contribution in [-0.2, 0) is 11.3 Å². The van der Waals surface area contributed by atoms with E-state index in [2.05, 4.69) is 10.3 Å². The largest absolute Gasteiger partial charge is 0.484 e. The van der Waals surface area contributed by atoms with Crippen molar-refractivity contribution < 1.29 is 9.53 Å². The molecule has 1 N–H and O–H groups in total. The van der Waals surface area contributed by atoms with E-state index in [0.29, 0.717) is 18.8 Å². The molecule has 0 bridgehead atoms. The molecule has 1 aromatic heterocycles. The second kappa shape index (κ2) is 7.41. The number of rotatable bonds is 6. The number of carbonyl (C=O) groups is 1. The lowest BCUT2D eigenvalue weighted by Crippen LogP contribution is -2.33. The number of ether oxygens (including phenoxy) is 1. The lowest BCUT2D eigenvalue weighted by Gasteiger charge is -2.09. The van der Waals surface area contributed by atoms with Crippen molar-refractivity contribution in [2.75, 3.05) is 13.2 Å². The molecule has 122 valence electrons. The molecule has 0 unspecified atom stereocenters. The number of nitrogens with zero attached hydrogens (tertiary/aromatic N) is 2. The van der Waals surface area contributed by atoms with Crippen molar-refractivity contribution in [3.63, 3.8) is 0 Å². The van der Waals surface area contributed by atoms with Gasteiger partial charge in [0.15, 0.2) is 6.61 Å².